The van der Waals surface area contributed by atoms with Gasteiger partial charge in [0.05, 0.1) is 7.11 Å². The maximum atomic E-state index is 13.2. The van der Waals surface area contributed by atoms with Crippen molar-refractivity contribution in [2.45, 2.75) is 4.90 Å². The Hall–Kier alpha value is -1.21. The molecule has 0 aromatic heterocycles. The maximum Gasteiger partial charge on any atom is 0.244 e. The van der Waals surface area contributed by atoms with E-state index < -0.39 is 26.6 Å². The molecule has 14 heavy (non-hydrogen) atoms. The zero-order valence-electron chi connectivity index (χ0n) is 7.12. The van der Waals surface area contributed by atoms with E-state index in [4.69, 9.17) is 0 Å². The van der Waals surface area contributed by atoms with Crippen LogP contribution in [0.5, 0.6) is 5.75 Å². The van der Waals surface area contributed by atoms with Crippen molar-refractivity contribution in [1.82, 2.24) is 0 Å². The van der Waals surface area contributed by atoms with Crippen LogP contribution in [0.15, 0.2) is 17.0 Å². The van der Waals surface area contributed by atoms with Crippen LogP contribution in [0.3, 0.4) is 0 Å². The molecule has 4 nitrogen and oxygen atoms in total. The Balaban J connectivity index is 3.57. The lowest BCUT2D eigenvalue weighted by atomic mass is 10.3. The van der Waals surface area contributed by atoms with Gasteiger partial charge in [0.1, 0.15) is 5.82 Å². The molecule has 2 N–H and O–H groups in total. The third-order valence-electron chi connectivity index (χ3n) is 1.52. The van der Waals surface area contributed by atoms with Crippen molar-refractivity contribution in [3.63, 3.8) is 0 Å². The molecule has 0 heterocycles. The molecule has 7 heteroatoms. The van der Waals surface area contributed by atoms with Crippen molar-refractivity contribution in [2.75, 3.05) is 7.11 Å². The van der Waals surface area contributed by atoms with Gasteiger partial charge in [-0.25, -0.2) is 22.3 Å². The van der Waals surface area contributed by atoms with Gasteiger partial charge in [-0.2, -0.15) is 0 Å². The van der Waals surface area contributed by atoms with E-state index in [0.29, 0.717) is 0 Å². The number of hydrogen-bond acceptors (Lipinski definition) is 3. The van der Waals surface area contributed by atoms with E-state index in [2.05, 4.69) is 9.88 Å². The number of rotatable bonds is 2. The Morgan fingerprint density at radius 2 is 1.93 bits per heavy atom. The number of nitrogens with two attached hydrogens (primary N) is 1. The summed E-state index contributed by atoms with van der Waals surface area (Å²) < 4.78 is 52.2. The molecule has 0 radical (unpaired) electrons. The van der Waals surface area contributed by atoms with Gasteiger partial charge in [-0.15, -0.1) is 0 Å². The van der Waals surface area contributed by atoms with Crippen LogP contribution in [0.1, 0.15) is 0 Å². The summed E-state index contributed by atoms with van der Waals surface area (Å²) in [5, 5.41) is 4.62. The summed E-state index contributed by atoms with van der Waals surface area (Å²) in [7, 11) is -3.30. The number of methoxy groups -OCH3 is 1. The van der Waals surface area contributed by atoms with E-state index in [1.165, 1.54) is 0 Å². The molecule has 0 spiro atoms. The Labute approximate surface area is 79.3 Å². The number of benzene rings is 1. The van der Waals surface area contributed by atoms with Crippen LogP contribution in [-0.2, 0) is 10.0 Å². The fourth-order valence-corrected chi connectivity index (χ4v) is 1.62. The van der Waals surface area contributed by atoms with Crippen molar-refractivity contribution < 1.29 is 21.9 Å². The third-order valence-corrected chi connectivity index (χ3v) is 2.46. The molecule has 0 amide bonds. The number of primary sulfonamides is 1. The van der Waals surface area contributed by atoms with E-state index in [1.54, 1.807) is 0 Å². The fraction of sp³-hybridized carbons (Fsp3) is 0.143. The van der Waals surface area contributed by atoms with Crippen LogP contribution in [0.25, 0.3) is 0 Å². The Kier molecular flexibility index (Phi) is 2.72. The predicted molar refractivity (Wildman–Crippen MR) is 44.3 cm³/mol. The zero-order valence-corrected chi connectivity index (χ0v) is 7.94. The lowest BCUT2D eigenvalue weighted by Gasteiger charge is -2.06. The molecule has 0 fully saturated rings. The molecule has 0 unspecified atom stereocenters. The average Bonchev–Trinajstić information content (AvgIpc) is 2.02. The van der Waals surface area contributed by atoms with Gasteiger partial charge in [-0.05, 0) is 12.1 Å². The van der Waals surface area contributed by atoms with Crippen LogP contribution in [-0.4, -0.2) is 15.5 Å². The highest BCUT2D eigenvalue weighted by Gasteiger charge is 2.23. The van der Waals surface area contributed by atoms with Gasteiger partial charge in [0.2, 0.25) is 10.0 Å². The van der Waals surface area contributed by atoms with E-state index >= 15 is 0 Å². The van der Waals surface area contributed by atoms with E-state index in [1.807, 2.05) is 0 Å². The van der Waals surface area contributed by atoms with Crippen LogP contribution < -0.4 is 9.88 Å². The van der Waals surface area contributed by atoms with E-state index in [-0.39, 0.29) is 5.75 Å². The zero-order chi connectivity index (χ0) is 10.9. The summed E-state index contributed by atoms with van der Waals surface area (Å²) >= 11 is 0. The molecule has 0 aliphatic carbocycles. The van der Waals surface area contributed by atoms with Crippen LogP contribution in [0.2, 0.25) is 0 Å². The lowest BCUT2D eigenvalue weighted by Crippen LogP contribution is -2.16. The van der Waals surface area contributed by atoms with Gasteiger partial charge in [-0.3, -0.25) is 0 Å². The van der Waals surface area contributed by atoms with Crippen molar-refractivity contribution in [3.05, 3.63) is 23.8 Å². The number of hydrogen-bond donors (Lipinski definition) is 1. The quantitative estimate of drug-likeness (QED) is 0.799. The minimum Gasteiger partial charge on any atom is -0.494 e. The first-order valence-corrected chi connectivity index (χ1v) is 4.97. The number of halogens is 2. The van der Waals surface area contributed by atoms with Crippen molar-refractivity contribution in [3.8, 4) is 5.75 Å². The molecule has 78 valence electrons. The molecule has 0 aliphatic rings. The molecule has 1 aromatic rings. The SMILES string of the molecule is COc1ccc(F)c(S(N)(=O)=O)c1F. The second-order valence-electron chi connectivity index (χ2n) is 2.44. The molecular weight excluding hydrogens is 216 g/mol. The molecule has 1 aromatic carbocycles. The van der Waals surface area contributed by atoms with E-state index in [9.17, 15) is 17.2 Å². The summed E-state index contributed by atoms with van der Waals surface area (Å²) in [6.07, 6.45) is 0. The van der Waals surface area contributed by atoms with Gasteiger partial charge < -0.3 is 4.74 Å². The van der Waals surface area contributed by atoms with Gasteiger partial charge >= 0.3 is 0 Å². The normalized spacial score (nSPS) is 11.4. The molecule has 1 rings (SSSR count). The minimum absolute atomic E-state index is 0.379. The Morgan fingerprint density at radius 1 is 1.36 bits per heavy atom. The number of ether oxygens (including phenoxy) is 1. The topological polar surface area (TPSA) is 69.4 Å². The minimum atomic E-state index is -4.43. The highest BCUT2D eigenvalue weighted by molar-refractivity contribution is 7.89. The monoisotopic (exact) mass is 223 g/mol. The van der Waals surface area contributed by atoms with Gasteiger partial charge in [0.15, 0.2) is 16.5 Å². The first-order chi connectivity index (χ1) is 6.38. The average molecular weight is 223 g/mol. The summed E-state index contributed by atoms with van der Waals surface area (Å²) in [4.78, 5) is -1.18. The predicted octanol–water partition coefficient (Wildman–Crippen LogP) is 0.621. The molecule has 0 atom stereocenters. The second kappa shape index (κ2) is 3.50. The highest BCUT2D eigenvalue weighted by Crippen LogP contribution is 2.25. The second-order valence-corrected chi connectivity index (χ2v) is 3.94. The van der Waals surface area contributed by atoms with Crippen molar-refractivity contribution in [1.29, 1.82) is 0 Å². The molecule has 0 saturated carbocycles. The van der Waals surface area contributed by atoms with Gasteiger partial charge in [0.25, 0.3) is 0 Å². The smallest absolute Gasteiger partial charge is 0.244 e. The van der Waals surface area contributed by atoms with Gasteiger partial charge in [-0.1, -0.05) is 0 Å². The highest BCUT2D eigenvalue weighted by atomic mass is 32.2. The summed E-state index contributed by atoms with van der Waals surface area (Å²) in [5.41, 5.74) is 0. The first-order valence-electron chi connectivity index (χ1n) is 3.42. The largest absolute Gasteiger partial charge is 0.494 e. The molecule has 0 saturated heterocycles. The van der Waals surface area contributed by atoms with Crippen LogP contribution >= 0.6 is 0 Å². The molecule has 0 aliphatic heterocycles. The molecule has 0 bridgehead atoms. The number of sulfonamides is 1. The van der Waals surface area contributed by atoms with Gasteiger partial charge in [0, 0.05) is 0 Å². The van der Waals surface area contributed by atoms with Crippen molar-refractivity contribution in [2.24, 2.45) is 5.14 Å². The van der Waals surface area contributed by atoms with Crippen LogP contribution in [0.4, 0.5) is 8.78 Å². The Bertz CT molecular complexity index is 458. The summed E-state index contributed by atoms with van der Waals surface area (Å²) in [6, 6.07) is 1.74. The molecular formula is C7H7F2NO3S. The summed E-state index contributed by atoms with van der Waals surface area (Å²) in [5.74, 6) is -2.95. The fourth-order valence-electron chi connectivity index (χ4n) is 0.933. The Morgan fingerprint density at radius 3 is 2.36 bits per heavy atom. The van der Waals surface area contributed by atoms with E-state index in [0.717, 1.165) is 19.2 Å². The first kappa shape index (κ1) is 10.9. The standard InChI is InChI=1S/C7H7F2NO3S/c1-13-5-3-2-4(8)7(6(5)9)14(10,11)12/h2-3H,1H3,(H2,10,11,12). The third kappa shape index (κ3) is 1.83. The van der Waals surface area contributed by atoms with Crippen LogP contribution in [0, 0.1) is 11.6 Å². The summed E-state index contributed by atoms with van der Waals surface area (Å²) in [6.45, 7) is 0. The lowest BCUT2D eigenvalue weighted by molar-refractivity contribution is 0.375. The van der Waals surface area contributed by atoms with Crippen molar-refractivity contribution >= 4 is 10.0 Å². The maximum absolute atomic E-state index is 13.2.